The van der Waals surface area contributed by atoms with Crippen molar-refractivity contribution in [2.45, 2.75) is 19.0 Å². The Kier molecular flexibility index (Phi) is 8.18. The van der Waals surface area contributed by atoms with Crippen molar-refractivity contribution in [1.82, 2.24) is 19.8 Å². The van der Waals surface area contributed by atoms with Crippen LogP contribution in [0.1, 0.15) is 18.0 Å². The number of nitrogens with zero attached hydrogens (tertiary/aromatic N) is 3. The molecule has 1 fully saturated rings. The Morgan fingerprint density at radius 3 is 2.92 bits per heavy atom. The number of amides is 1. The number of imidazole rings is 1. The highest BCUT2D eigenvalue weighted by molar-refractivity contribution is 5.85. The van der Waals surface area contributed by atoms with E-state index in [9.17, 15) is 9.18 Å². The average Bonchev–Trinajstić information content (AvgIpc) is 3.06. The van der Waals surface area contributed by atoms with Gasteiger partial charge in [0.05, 0.1) is 12.4 Å². The van der Waals surface area contributed by atoms with Gasteiger partial charge in [0.15, 0.2) is 0 Å². The van der Waals surface area contributed by atoms with Crippen molar-refractivity contribution in [2.75, 3.05) is 19.6 Å². The number of rotatable bonds is 4. The van der Waals surface area contributed by atoms with Crippen molar-refractivity contribution in [1.29, 1.82) is 0 Å². The fraction of sp³-hybridized carbons (Fsp3) is 0.375. The molecule has 2 heterocycles. The molecule has 1 amide bonds. The van der Waals surface area contributed by atoms with Gasteiger partial charge in [-0.05, 0) is 17.7 Å². The molecule has 2 aromatic rings. The maximum atomic E-state index is 13.5. The molecule has 1 atom stereocenters. The highest BCUT2D eigenvalue weighted by Crippen LogP contribution is 2.23. The molecule has 8 heteroatoms. The molecule has 132 valence electrons. The summed E-state index contributed by atoms with van der Waals surface area (Å²) >= 11 is 0. The topological polar surface area (TPSA) is 50.2 Å². The molecule has 0 radical (unpaired) electrons. The summed E-state index contributed by atoms with van der Waals surface area (Å²) in [6.07, 6.45) is 5.66. The molecule has 1 saturated heterocycles. The van der Waals surface area contributed by atoms with E-state index in [0.29, 0.717) is 26.1 Å². The van der Waals surface area contributed by atoms with Crippen molar-refractivity contribution in [3.8, 4) is 0 Å². The number of aromatic nitrogens is 2. The van der Waals surface area contributed by atoms with Gasteiger partial charge in [0.1, 0.15) is 5.82 Å². The van der Waals surface area contributed by atoms with Crippen LogP contribution >= 0.6 is 24.8 Å². The van der Waals surface area contributed by atoms with Gasteiger partial charge >= 0.3 is 0 Å². The number of benzene rings is 1. The molecular formula is C16H21Cl2FN4O. The van der Waals surface area contributed by atoms with Crippen molar-refractivity contribution in [3.05, 3.63) is 54.4 Å². The predicted molar refractivity (Wildman–Crippen MR) is 95.1 cm³/mol. The number of hydrogen-bond acceptors (Lipinski definition) is 3. The number of halogens is 3. The van der Waals surface area contributed by atoms with Crippen molar-refractivity contribution < 1.29 is 9.18 Å². The number of piperazine rings is 1. The summed E-state index contributed by atoms with van der Waals surface area (Å²) in [6, 6.07) is 6.38. The summed E-state index contributed by atoms with van der Waals surface area (Å²) < 4.78 is 15.3. The first kappa shape index (κ1) is 20.4. The molecule has 1 N–H and O–H groups in total. The Balaban J connectivity index is 0.00000144. The summed E-state index contributed by atoms with van der Waals surface area (Å²) in [6.45, 7) is 2.67. The maximum Gasteiger partial charge on any atom is 0.224 e. The first-order valence-electron chi connectivity index (χ1n) is 7.45. The molecule has 0 spiro atoms. The third-order valence-corrected chi connectivity index (χ3v) is 3.94. The zero-order valence-electron chi connectivity index (χ0n) is 13.1. The van der Waals surface area contributed by atoms with E-state index < -0.39 is 0 Å². The fourth-order valence-electron chi connectivity index (χ4n) is 2.80. The SMILES string of the molecule is Cl.Cl.O=C(CCn1ccnc1)N1CCNCC1c1cccc(F)c1. The first-order valence-corrected chi connectivity index (χ1v) is 7.45. The Morgan fingerprint density at radius 1 is 1.38 bits per heavy atom. The lowest BCUT2D eigenvalue weighted by Gasteiger charge is -2.36. The molecule has 0 bridgehead atoms. The van der Waals surface area contributed by atoms with E-state index in [1.807, 2.05) is 21.7 Å². The number of carbonyl (C=O) groups excluding carboxylic acids is 1. The zero-order valence-corrected chi connectivity index (χ0v) is 14.7. The molecule has 5 nitrogen and oxygen atoms in total. The molecular weight excluding hydrogens is 354 g/mol. The largest absolute Gasteiger partial charge is 0.337 e. The van der Waals surface area contributed by atoms with Crippen molar-refractivity contribution in [2.24, 2.45) is 0 Å². The lowest BCUT2D eigenvalue weighted by molar-refractivity contribution is -0.134. The Labute approximate surface area is 153 Å². The summed E-state index contributed by atoms with van der Waals surface area (Å²) in [4.78, 5) is 18.4. The second-order valence-electron chi connectivity index (χ2n) is 5.41. The van der Waals surface area contributed by atoms with E-state index in [2.05, 4.69) is 10.3 Å². The van der Waals surface area contributed by atoms with Crippen molar-refractivity contribution >= 4 is 30.7 Å². The number of carbonyl (C=O) groups is 1. The third kappa shape index (κ3) is 4.93. The normalized spacial score (nSPS) is 16.9. The highest BCUT2D eigenvalue weighted by atomic mass is 35.5. The minimum absolute atomic E-state index is 0. The van der Waals surface area contributed by atoms with Crippen LogP contribution in [0.4, 0.5) is 4.39 Å². The molecule has 24 heavy (non-hydrogen) atoms. The lowest BCUT2D eigenvalue weighted by atomic mass is 10.0. The van der Waals surface area contributed by atoms with Crippen LogP contribution in [0.3, 0.4) is 0 Å². The summed E-state index contributed by atoms with van der Waals surface area (Å²) in [5.74, 6) is -0.182. The number of nitrogens with one attached hydrogen (secondary N) is 1. The second-order valence-corrected chi connectivity index (χ2v) is 5.41. The Hall–Kier alpha value is -1.63. The van der Waals surface area contributed by atoms with Crippen LogP contribution in [0.25, 0.3) is 0 Å². The van der Waals surface area contributed by atoms with Crippen LogP contribution in [0, 0.1) is 5.82 Å². The van der Waals surface area contributed by atoms with Gasteiger partial charge < -0.3 is 14.8 Å². The molecule has 0 saturated carbocycles. The molecule has 1 unspecified atom stereocenters. The van der Waals surface area contributed by atoms with Crippen LogP contribution in [-0.4, -0.2) is 40.0 Å². The van der Waals surface area contributed by atoms with E-state index >= 15 is 0 Å². The number of hydrogen-bond donors (Lipinski definition) is 1. The molecule has 0 aliphatic carbocycles. The summed E-state index contributed by atoms with van der Waals surface area (Å²) in [5.41, 5.74) is 0.836. The molecule has 1 aromatic heterocycles. The minimum Gasteiger partial charge on any atom is -0.337 e. The van der Waals surface area contributed by atoms with Crippen LogP contribution in [0.5, 0.6) is 0 Å². The van der Waals surface area contributed by atoms with E-state index in [1.165, 1.54) is 12.1 Å². The van der Waals surface area contributed by atoms with E-state index in [1.54, 1.807) is 18.6 Å². The standard InChI is InChI=1S/C16H19FN4O.2ClH/c17-14-3-1-2-13(10-14)15-11-18-6-9-21(15)16(22)4-7-20-8-5-19-12-20;;/h1-3,5,8,10,12,15,18H,4,6-7,9,11H2;2*1H. The van der Waals surface area contributed by atoms with E-state index in [-0.39, 0.29) is 42.6 Å². The van der Waals surface area contributed by atoms with Crippen LogP contribution in [0.2, 0.25) is 0 Å². The third-order valence-electron chi connectivity index (χ3n) is 3.94. The van der Waals surface area contributed by atoms with Gasteiger partial charge in [-0.1, -0.05) is 12.1 Å². The molecule has 1 aliphatic rings. The number of aryl methyl sites for hydroxylation is 1. The average molecular weight is 375 g/mol. The quantitative estimate of drug-likeness (QED) is 0.893. The van der Waals surface area contributed by atoms with Gasteiger partial charge in [-0.15, -0.1) is 24.8 Å². The first-order chi connectivity index (χ1) is 10.7. The monoisotopic (exact) mass is 374 g/mol. The van der Waals surface area contributed by atoms with Crippen molar-refractivity contribution in [3.63, 3.8) is 0 Å². The van der Waals surface area contributed by atoms with Gasteiger partial charge in [0, 0.05) is 45.0 Å². The molecule has 1 aromatic carbocycles. The lowest BCUT2D eigenvalue weighted by Crippen LogP contribution is -2.48. The fourth-order valence-corrected chi connectivity index (χ4v) is 2.80. The summed E-state index contributed by atoms with van der Waals surface area (Å²) in [7, 11) is 0. The minimum atomic E-state index is -0.270. The van der Waals surface area contributed by atoms with Gasteiger partial charge in [0.25, 0.3) is 0 Å². The smallest absolute Gasteiger partial charge is 0.224 e. The van der Waals surface area contributed by atoms with E-state index in [4.69, 9.17) is 0 Å². The van der Waals surface area contributed by atoms with Gasteiger partial charge in [0.2, 0.25) is 5.91 Å². The Morgan fingerprint density at radius 2 is 2.21 bits per heavy atom. The van der Waals surface area contributed by atoms with Gasteiger partial charge in [-0.2, -0.15) is 0 Å². The Bertz CT molecular complexity index is 639. The van der Waals surface area contributed by atoms with Gasteiger partial charge in [-0.25, -0.2) is 9.37 Å². The molecule has 1 aliphatic heterocycles. The second kappa shape index (κ2) is 9.61. The molecule has 3 rings (SSSR count). The van der Waals surface area contributed by atoms with Gasteiger partial charge in [-0.3, -0.25) is 4.79 Å². The van der Waals surface area contributed by atoms with Crippen LogP contribution in [0.15, 0.2) is 43.0 Å². The maximum absolute atomic E-state index is 13.5. The zero-order chi connectivity index (χ0) is 15.4. The summed E-state index contributed by atoms with van der Waals surface area (Å²) in [5, 5.41) is 3.28. The van der Waals surface area contributed by atoms with E-state index in [0.717, 1.165) is 12.1 Å². The van der Waals surface area contributed by atoms with Crippen LogP contribution in [-0.2, 0) is 11.3 Å². The highest BCUT2D eigenvalue weighted by Gasteiger charge is 2.27. The van der Waals surface area contributed by atoms with Crippen LogP contribution < -0.4 is 5.32 Å². The predicted octanol–water partition coefficient (Wildman–Crippen LogP) is 2.43.